The van der Waals surface area contributed by atoms with Crippen molar-refractivity contribution in [3.8, 4) is 11.5 Å². The molecule has 3 amide bonds. The Morgan fingerprint density at radius 2 is 1.80 bits per heavy atom. The Kier molecular flexibility index (Phi) is 5.86. The van der Waals surface area contributed by atoms with E-state index >= 15 is 0 Å². The molecule has 10 heteroatoms. The lowest BCUT2D eigenvalue weighted by Crippen LogP contribution is -2.28. The molecule has 0 radical (unpaired) electrons. The second-order valence-corrected chi connectivity index (χ2v) is 6.61. The van der Waals surface area contributed by atoms with Crippen molar-refractivity contribution in [1.29, 1.82) is 0 Å². The van der Waals surface area contributed by atoms with Gasteiger partial charge in [0.25, 0.3) is 5.91 Å². The fourth-order valence-electron chi connectivity index (χ4n) is 3.19. The number of hydrogen-bond donors (Lipinski definition) is 2. The molecule has 0 aliphatic carbocycles. The fourth-order valence-corrected chi connectivity index (χ4v) is 3.19. The molecule has 2 aromatic carbocycles. The van der Waals surface area contributed by atoms with Gasteiger partial charge in [-0.05, 0) is 18.2 Å². The first kappa shape index (κ1) is 21.0. The summed E-state index contributed by atoms with van der Waals surface area (Å²) in [5.74, 6) is -4.12. The van der Waals surface area contributed by atoms with Crippen molar-refractivity contribution in [3.63, 3.8) is 0 Å². The highest BCUT2D eigenvalue weighted by atomic mass is 19.1. The molecular formula is C20H19F2N3O5. The maximum Gasteiger partial charge on any atom is 0.251 e. The number of methoxy groups -OCH3 is 2. The monoisotopic (exact) mass is 419 g/mol. The number of nitrogens with zero attached hydrogens (tertiary/aromatic N) is 1. The number of benzene rings is 2. The molecule has 0 aromatic heterocycles. The zero-order valence-electron chi connectivity index (χ0n) is 16.2. The third-order valence-corrected chi connectivity index (χ3v) is 4.75. The third-order valence-electron chi connectivity index (χ3n) is 4.75. The lowest BCUT2D eigenvalue weighted by Gasteiger charge is -2.18. The average Bonchev–Trinajstić information content (AvgIpc) is 3.10. The van der Waals surface area contributed by atoms with Gasteiger partial charge in [-0.2, -0.15) is 0 Å². The zero-order valence-corrected chi connectivity index (χ0v) is 16.2. The Morgan fingerprint density at radius 1 is 1.10 bits per heavy atom. The predicted octanol–water partition coefficient (Wildman–Crippen LogP) is 2.07. The highest BCUT2D eigenvalue weighted by molar-refractivity contribution is 6.04. The lowest BCUT2D eigenvalue weighted by molar-refractivity contribution is -0.122. The Morgan fingerprint density at radius 3 is 2.43 bits per heavy atom. The fraction of sp³-hybridized carbons (Fsp3) is 0.250. The van der Waals surface area contributed by atoms with Crippen LogP contribution in [0, 0.1) is 17.6 Å². The van der Waals surface area contributed by atoms with Gasteiger partial charge in [0.05, 0.1) is 31.4 Å². The summed E-state index contributed by atoms with van der Waals surface area (Å²) < 4.78 is 38.0. The van der Waals surface area contributed by atoms with Gasteiger partial charge in [-0.25, -0.2) is 8.78 Å². The SMILES string of the molecule is COc1ccc(N2CC(C(=O)Nc3cc(C(N)=O)c(F)cc3F)CC2=O)cc1OC. The highest BCUT2D eigenvalue weighted by Crippen LogP contribution is 2.34. The van der Waals surface area contributed by atoms with Crippen LogP contribution in [0.15, 0.2) is 30.3 Å². The number of ether oxygens (including phenoxy) is 2. The van der Waals surface area contributed by atoms with Crippen LogP contribution in [0.1, 0.15) is 16.8 Å². The summed E-state index contributed by atoms with van der Waals surface area (Å²) in [6.45, 7) is 0.0473. The quantitative estimate of drug-likeness (QED) is 0.745. The Balaban J connectivity index is 1.78. The standard InChI is InChI=1S/C20H19F2N3O5/c1-29-16-4-3-11(6-17(16)30-2)25-9-10(5-18(25)26)20(28)24-15-7-12(19(23)27)13(21)8-14(15)22/h3-4,6-8,10H,5,9H2,1-2H3,(H2,23,27)(H,24,28). The molecular weight excluding hydrogens is 400 g/mol. The largest absolute Gasteiger partial charge is 0.493 e. The predicted molar refractivity (Wildman–Crippen MR) is 104 cm³/mol. The first-order chi connectivity index (χ1) is 14.2. The molecule has 1 aliphatic rings. The maximum atomic E-state index is 14.0. The van der Waals surface area contributed by atoms with Gasteiger partial charge < -0.3 is 25.4 Å². The number of anilines is 2. The van der Waals surface area contributed by atoms with Crippen LogP contribution in [-0.2, 0) is 9.59 Å². The van der Waals surface area contributed by atoms with Gasteiger partial charge in [0.2, 0.25) is 11.8 Å². The molecule has 3 N–H and O–H groups in total. The van der Waals surface area contributed by atoms with E-state index in [1.807, 2.05) is 0 Å². The lowest BCUT2D eigenvalue weighted by atomic mass is 10.1. The number of nitrogens with one attached hydrogen (secondary N) is 1. The van der Waals surface area contributed by atoms with Crippen LogP contribution < -0.4 is 25.4 Å². The first-order valence-electron chi connectivity index (χ1n) is 8.87. The van der Waals surface area contributed by atoms with Gasteiger partial charge in [0.1, 0.15) is 11.6 Å². The van der Waals surface area contributed by atoms with Gasteiger partial charge in [-0.15, -0.1) is 0 Å². The molecule has 1 aliphatic heterocycles. The molecule has 3 rings (SSSR count). The molecule has 1 fully saturated rings. The van der Waals surface area contributed by atoms with Gasteiger partial charge in [0.15, 0.2) is 11.5 Å². The minimum Gasteiger partial charge on any atom is -0.493 e. The number of nitrogens with two attached hydrogens (primary N) is 1. The van der Waals surface area contributed by atoms with E-state index in [1.54, 1.807) is 18.2 Å². The number of hydrogen-bond acceptors (Lipinski definition) is 5. The van der Waals surface area contributed by atoms with Gasteiger partial charge in [0, 0.05) is 30.8 Å². The van der Waals surface area contributed by atoms with Gasteiger partial charge in [-0.3, -0.25) is 14.4 Å². The van der Waals surface area contributed by atoms with Crippen LogP contribution in [0.4, 0.5) is 20.2 Å². The highest BCUT2D eigenvalue weighted by Gasteiger charge is 2.36. The van der Waals surface area contributed by atoms with Crippen molar-refractivity contribution in [2.75, 3.05) is 31.0 Å². The van der Waals surface area contributed by atoms with Crippen LogP contribution in [0.3, 0.4) is 0 Å². The van der Waals surface area contributed by atoms with Gasteiger partial charge >= 0.3 is 0 Å². The number of primary amides is 1. The molecule has 8 nitrogen and oxygen atoms in total. The molecule has 1 heterocycles. The summed E-state index contributed by atoms with van der Waals surface area (Å²) in [6.07, 6.45) is -0.105. The van der Waals surface area contributed by atoms with Crippen LogP contribution >= 0.6 is 0 Å². The maximum absolute atomic E-state index is 14.0. The number of carbonyl (C=O) groups excluding carboxylic acids is 3. The molecule has 0 bridgehead atoms. The van der Waals surface area contributed by atoms with E-state index in [2.05, 4.69) is 5.32 Å². The van der Waals surface area contributed by atoms with Crippen LogP contribution in [0.25, 0.3) is 0 Å². The minimum atomic E-state index is -1.13. The van der Waals surface area contributed by atoms with E-state index in [9.17, 15) is 23.2 Å². The van der Waals surface area contributed by atoms with Crippen LogP contribution in [-0.4, -0.2) is 38.5 Å². The second-order valence-electron chi connectivity index (χ2n) is 6.61. The summed E-state index contributed by atoms with van der Waals surface area (Å²) in [4.78, 5) is 37.7. The van der Waals surface area contributed by atoms with Crippen LogP contribution in [0.2, 0.25) is 0 Å². The van der Waals surface area contributed by atoms with E-state index in [4.69, 9.17) is 15.2 Å². The normalized spacial score (nSPS) is 15.8. The topological polar surface area (TPSA) is 111 Å². The molecule has 158 valence electrons. The molecule has 2 aromatic rings. The van der Waals surface area contributed by atoms with E-state index < -0.39 is 40.6 Å². The summed E-state index contributed by atoms with van der Waals surface area (Å²) in [5, 5.41) is 2.30. The molecule has 0 saturated carbocycles. The van der Waals surface area contributed by atoms with Crippen molar-refractivity contribution in [2.45, 2.75) is 6.42 Å². The van der Waals surface area contributed by atoms with Gasteiger partial charge in [-0.1, -0.05) is 0 Å². The minimum absolute atomic E-state index is 0.0473. The molecule has 1 atom stereocenters. The summed E-state index contributed by atoms with van der Waals surface area (Å²) in [5.41, 5.74) is 4.61. The number of rotatable bonds is 6. The summed E-state index contributed by atoms with van der Waals surface area (Å²) in [7, 11) is 2.94. The molecule has 1 unspecified atom stereocenters. The zero-order chi connectivity index (χ0) is 22.0. The molecule has 1 saturated heterocycles. The summed E-state index contributed by atoms with van der Waals surface area (Å²) in [6, 6.07) is 6.18. The smallest absolute Gasteiger partial charge is 0.251 e. The first-order valence-corrected chi connectivity index (χ1v) is 8.87. The van der Waals surface area contributed by atoms with Crippen molar-refractivity contribution in [1.82, 2.24) is 0 Å². The van der Waals surface area contributed by atoms with Crippen molar-refractivity contribution in [2.24, 2.45) is 11.7 Å². The van der Waals surface area contributed by atoms with E-state index in [1.165, 1.54) is 19.1 Å². The second kappa shape index (κ2) is 8.36. The van der Waals surface area contributed by atoms with Crippen LogP contribution in [0.5, 0.6) is 11.5 Å². The Hall–Kier alpha value is -3.69. The van der Waals surface area contributed by atoms with Crippen molar-refractivity contribution < 1.29 is 32.6 Å². The Bertz CT molecular complexity index is 1030. The molecule has 30 heavy (non-hydrogen) atoms. The Labute approximate surface area is 170 Å². The van der Waals surface area contributed by atoms with E-state index in [-0.39, 0.29) is 18.9 Å². The molecule has 0 spiro atoms. The number of halogens is 2. The van der Waals surface area contributed by atoms with E-state index in [0.717, 1.165) is 6.07 Å². The van der Waals surface area contributed by atoms with Crippen molar-refractivity contribution >= 4 is 29.1 Å². The third kappa shape index (κ3) is 4.02. The van der Waals surface area contributed by atoms with Crippen molar-refractivity contribution in [3.05, 3.63) is 47.5 Å². The summed E-state index contributed by atoms with van der Waals surface area (Å²) >= 11 is 0. The number of amides is 3. The van der Waals surface area contributed by atoms with E-state index in [0.29, 0.717) is 23.3 Å². The average molecular weight is 419 g/mol. The number of carbonyl (C=O) groups is 3.